The summed E-state index contributed by atoms with van der Waals surface area (Å²) < 4.78 is 19.3. The molecule has 0 spiro atoms. The highest BCUT2D eigenvalue weighted by molar-refractivity contribution is 5.79. The molecule has 2 aromatic carbocycles. The maximum absolute atomic E-state index is 14.0. The van der Waals surface area contributed by atoms with Crippen molar-refractivity contribution in [2.75, 3.05) is 58.3 Å². The molecule has 0 aliphatic carbocycles. The van der Waals surface area contributed by atoms with Crippen molar-refractivity contribution in [2.24, 2.45) is 4.99 Å². The first kappa shape index (κ1) is 21.9. The Balaban J connectivity index is 1.34. The molecule has 0 aromatic heterocycles. The zero-order valence-corrected chi connectivity index (χ0v) is 17.9. The number of halogens is 1. The van der Waals surface area contributed by atoms with E-state index in [1.165, 1.54) is 6.07 Å². The Hall–Kier alpha value is -2.80. The summed E-state index contributed by atoms with van der Waals surface area (Å²) in [5.41, 5.74) is 1.81. The van der Waals surface area contributed by atoms with Gasteiger partial charge in [0.05, 0.1) is 12.8 Å². The molecular formula is C23H32FN5O. The summed E-state index contributed by atoms with van der Waals surface area (Å²) in [6.07, 6.45) is 1.02. The van der Waals surface area contributed by atoms with E-state index in [2.05, 4.69) is 25.4 Å². The van der Waals surface area contributed by atoms with Gasteiger partial charge in [-0.1, -0.05) is 30.3 Å². The van der Waals surface area contributed by atoms with Crippen LogP contribution in [0.4, 0.5) is 10.1 Å². The van der Waals surface area contributed by atoms with Gasteiger partial charge in [0.25, 0.3) is 0 Å². The van der Waals surface area contributed by atoms with Gasteiger partial charge >= 0.3 is 0 Å². The van der Waals surface area contributed by atoms with Crippen LogP contribution in [0.3, 0.4) is 0 Å². The predicted octanol–water partition coefficient (Wildman–Crippen LogP) is 2.71. The van der Waals surface area contributed by atoms with E-state index in [9.17, 15) is 4.39 Å². The van der Waals surface area contributed by atoms with Gasteiger partial charge in [-0.2, -0.15) is 0 Å². The van der Waals surface area contributed by atoms with Gasteiger partial charge in [-0.15, -0.1) is 0 Å². The third-order valence-corrected chi connectivity index (χ3v) is 5.37. The molecule has 1 aliphatic heterocycles. The van der Waals surface area contributed by atoms with E-state index in [1.807, 2.05) is 36.4 Å². The van der Waals surface area contributed by atoms with Crippen molar-refractivity contribution < 1.29 is 9.13 Å². The number of hydrogen-bond donors (Lipinski definition) is 2. The fourth-order valence-corrected chi connectivity index (χ4v) is 3.68. The van der Waals surface area contributed by atoms with Crippen LogP contribution in [0.2, 0.25) is 0 Å². The Morgan fingerprint density at radius 3 is 2.50 bits per heavy atom. The molecular weight excluding hydrogens is 381 g/mol. The highest BCUT2D eigenvalue weighted by Gasteiger charge is 2.18. The number of rotatable bonds is 8. The first-order valence-electron chi connectivity index (χ1n) is 10.5. The lowest BCUT2D eigenvalue weighted by Crippen LogP contribution is -2.47. The minimum Gasteiger partial charge on any atom is -0.496 e. The van der Waals surface area contributed by atoms with Crippen molar-refractivity contribution in [1.82, 2.24) is 15.5 Å². The quantitative estimate of drug-likeness (QED) is 0.396. The summed E-state index contributed by atoms with van der Waals surface area (Å²) in [4.78, 5) is 8.86. The van der Waals surface area contributed by atoms with Crippen molar-refractivity contribution in [3.8, 4) is 5.75 Å². The highest BCUT2D eigenvalue weighted by atomic mass is 19.1. The van der Waals surface area contributed by atoms with E-state index in [0.29, 0.717) is 12.2 Å². The van der Waals surface area contributed by atoms with E-state index in [1.54, 1.807) is 20.2 Å². The molecule has 3 rings (SSSR count). The van der Waals surface area contributed by atoms with Crippen LogP contribution >= 0.6 is 0 Å². The second-order valence-corrected chi connectivity index (χ2v) is 7.30. The van der Waals surface area contributed by atoms with Crippen molar-refractivity contribution >= 4 is 11.6 Å². The first-order chi connectivity index (χ1) is 14.7. The van der Waals surface area contributed by atoms with E-state index in [0.717, 1.165) is 63.0 Å². The molecule has 1 saturated heterocycles. The molecule has 6 nitrogen and oxygen atoms in total. The predicted molar refractivity (Wildman–Crippen MR) is 121 cm³/mol. The molecule has 1 fully saturated rings. The fraction of sp³-hybridized carbons (Fsp3) is 0.435. The van der Waals surface area contributed by atoms with E-state index in [-0.39, 0.29) is 5.82 Å². The summed E-state index contributed by atoms with van der Waals surface area (Å²) in [6.45, 7) is 6.14. The Morgan fingerprint density at radius 2 is 1.77 bits per heavy atom. The summed E-state index contributed by atoms with van der Waals surface area (Å²) in [5.74, 6) is 1.52. The lowest BCUT2D eigenvalue weighted by Gasteiger charge is -2.36. The molecule has 7 heteroatoms. The van der Waals surface area contributed by atoms with Gasteiger partial charge in [-0.05, 0) is 31.2 Å². The van der Waals surface area contributed by atoms with Crippen molar-refractivity contribution in [3.63, 3.8) is 0 Å². The number of ether oxygens (including phenoxy) is 1. The van der Waals surface area contributed by atoms with Crippen molar-refractivity contribution in [3.05, 3.63) is 59.9 Å². The molecule has 30 heavy (non-hydrogen) atoms. The van der Waals surface area contributed by atoms with E-state index in [4.69, 9.17) is 4.74 Å². The number of para-hydroxylation sites is 2. The number of hydrogen-bond acceptors (Lipinski definition) is 4. The molecule has 0 radical (unpaired) electrons. The minimum absolute atomic E-state index is 0.137. The van der Waals surface area contributed by atoms with Gasteiger partial charge < -0.3 is 20.3 Å². The van der Waals surface area contributed by atoms with Crippen molar-refractivity contribution in [1.29, 1.82) is 0 Å². The van der Waals surface area contributed by atoms with Crippen LogP contribution in [0.5, 0.6) is 5.75 Å². The lowest BCUT2D eigenvalue weighted by molar-refractivity contribution is 0.254. The molecule has 0 saturated carbocycles. The highest BCUT2D eigenvalue weighted by Crippen LogP contribution is 2.20. The van der Waals surface area contributed by atoms with Gasteiger partial charge in [-0.3, -0.25) is 9.89 Å². The smallest absolute Gasteiger partial charge is 0.191 e. The topological polar surface area (TPSA) is 52.1 Å². The normalized spacial score (nSPS) is 15.2. The van der Waals surface area contributed by atoms with Gasteiger partial charge in [0, 0.05) is 51.9 Å². The number of aliphatic imine (C=N–C) groups is 1. The minimum atomic E-state index is -0.137. The molecule has 162 valence electrons. The second kappa shape index (κ2) is 11.4. The van der Waals surface area contributed by atoms with E-state index < -0.39 is 0 Å². The number of methoxy groups -OCH3 is 1. The molecule has 0 bridgehead atoms. The number of nitrogens with zero attached hydrogens (tertiary/aromatic N) is 3. The summed E-state index contributed by atoms with van der Waals surface area (Å²) >= 11 is 0. The van der Waals surface area contributed by atoms with Gasteiger partial charge in [0.2, 0.25) is 0 Å². The number of piperazine rings is 1. The maximum atomic E-state index is 14.0. The maximum Gasteiger partial charge on any atom is 0.191 e. The second-order valence-electron chi connectivity index (χ2n) is 7.30. The monoisotopic (exact) mass is 413 g/mol. The largest absolute Gasteiger partial charge is 0.496 e. The SMILES string of the molecule is CN=C(NCCCN1CCN(c2ccccc2F)CC1)NCc1ccccc1OC. The first-order valence-corrected chi connectivity index (χ1v) is 10.5. The average molecular weight is 414 g/mol. The third-order valence-electron chi connectivity index (χ3n) is 5.37. The Morgan fingerprint density at radius 1 is 1.03 bits per heavy atom. The number of anilines is 1. The number of nitrogens with one attached hydrogen (secondary N) is 2. The summed E-state index contributed by atoms with van der Waals surface area (Å²) in [6, 6.07) is 15.0. The van der Waals surface area contributed by atoms with Crippen LogP contribution in [-0.2, 0) is 6.54 Å². The average Bonchev–Trinajstić information content (AvgIpc) is 2.79. The molecule has 0 amide bonds. The molecule has 0 unspecified atom stereocenters. The summed E-state index contributed by atoms with van der Waals surface area (Å²) in [5, 5.41) is 6.70. The number of guanidine groups is 1. The van der Waals surface area contributed by atoms with Crippen LogP contribution in [0.25, 0.3) is 0 Å². The standard InChI is InChI=1S/C23H32FN5O/c1-25-23(27-18-19-8-3-6-11-22(19)30-2)26-12-7-13-28-14-16-29(17-15-28)21-10-5-4-9-20(21)24/h3-6,8-11H,7,12-18H2,1-2H3,(H2,25,26,27). The molecule has 0 atom stereocenters. The fourth-order valence-electron chi connectivity index (χ4n) is 3.68. The van der Waals surface area contributed by atoms with Crippen LogP contribution in [-0.4, -0.2) is 64.3 Å². The lowest BCUT2D eigenvalue weighted by atomic mass is 10.2. The van der Waals surface area contributed by atoms with Crippen molar-refractivity contribution in [2.45, 2.75) is 13.0 Å². The zero-order valence-electron chi connectivity index (χ0n) is 17.9. The van der Waals surface area contributed by atoms with Crippen LogP contribution < -0.4 is 20.3 Å². The molecule has 2 aromatic rings. The third kappa shape index (κ3) is 6.10. The van der Waals surface area contributed by atoms with E-state index >= 15 is 0 Å². The van der Waals surface area contributed by atoms with Gasteiger partial charge in [0.1, 0.15) is 11.6 Å². The molecule has 1 aliphatic rings. The Kier molecular flexibility index (Phi) is 8.32. The molecule has 1 heterocycles. The Labute approximate surface area is 178 Å². The van der Waals surface area contributed by atoms with Crippen LogP contribution in [0, 0.1) is 5.82 Å². The zero-order chi connectivity index (χ0) is 21.2. The number of benzene rings is 2. The molecule has 2 N–H and O–H groups in total. The van der Waals surface area contributed by atoms with Crippen LogP contribution in [0.1, 0.15) is 12.0 Å². The van der Waals surface area contributed by atoms with Crippen LogP contribution in [0.15, 0.2) is 53.5 Å². The van der Waals surface area contributed by atoms with Gasteiger partial charge in [0.15, 0.2) is 5.96 Å². The summed E-state index contributed by atoms with van der Waals surface area (Å²) in [7, 11) is 3.46. The van der Waals surface area contributed by atoms with Gasteiger partial charge in [-0.25, -0.2) is 4.39 Å². The Bertz CT molecular complexity index is 821.